The largest absolute Gasteiger partial charge is 0.442 e. The summed E-state index contributed by atoms with van der Waals surface area (Å²) in [4.78, 5) is 11.0. The number of rotatable bonds is 3. The fraction of sp³-hybridized carbons (Fsp3) is 0.667. The molecular weight excluding hydrogens is 374 g/mol. The predicted molar refractivity (Wildman–Crippen MR) is 79.2 cm³/mol. The van der Waals surface area contributed by atoms with Gasteiger partial charge < -0.3 is 25.3 Å². The number of Topliss-reactive ketones (excluding diaryl/α,β-unsaturated/α-hetero) is 1. The Bertz CT molecular complexity index is 287. The molecule has 1 saturated carbocycles. The van der Waals surface area contributed by atoms with E-state index >= 15 is 0 Å². The summed E-state index contributed by atoms with van der Waals surface area (Å²) in [5.74, 6) is -0.495. The van der Waals surface area contributed by atoms with Crippen LogP contribution in [0.15, 0.2) is 12.2 Å². The number of halogens is 3. The van der Waals surface area contributed by atoms with Crippen LogP contribution in [0.4, 0.5) is 13.2 Å². The Morgan fingerprint density at radius 1 is 1.24 bits per heavy atom. The summed E-state index contributed by atoms with van der Waals surface area (Å²) in [6.45, 7) is 15.1. The first kappa shape index (κ1) is 26.3. The summed E-state index contributed by atoms with van der Waals surface area (Å²) in [5.41, 5.74) is -4.21. The molecule has 1 nitrogen and oxygen atoms in total. The third-order valence-corrected chi connectivity index (χ3v) is 3.51. The fourth-order valence-corrected chi connectivity index (χ4v) is 2.82. The van der Waals surface area contributed by atoms with Crippen LogP contribution in [0.3, 0.4) is 0 Å². The molecule has 0 N–H and O–H groups in total. The van der Waals surface area contributed by atoms with Crippen LogP contribution in [0.1, 0.15) is 46.5 Å². The number of ketones is 1. The quantitative estimate of drug-likeness (QED) is 0.470. The minimum absolute atomic E-state index is 0. The van der Waals surface area contributed by atoms with Crippen LogP contribution >= 0.6 is 11.8 Å². The molecule has 0 saturated heterocycles. The number of hydrogen-bond acceptors (Lipinski definition) is 2. The van der Waals surface area contributed by atoms with Gasteiger partial charge in [-0.1, -0.05) is 26.7 Å². The van der Waals surface area contributed by atoms with Gasteiger partial charge in [0.2, 0.25) is 0 Å². The van der Waals surface area contributed by atoms with Gasteiger partial charge in [-0.15, -0.1) is 0 Å². The average molecular weight is 397 g/mol. The van der Waals surface area contributed by atoms with Crippen LogP contribution < -0.4 is 0 Å². The fourth-order valence-electron chi connectivity index (χ4n) is 1.70. The molecule has 2 atom stereocenters. The van der Waals surface area contributed by atoms with Crippen LogP contribution in [0.2, 0.25) is 0 Å². The molecule has 0 aliphatic heterocycles. The normalized spacial score (nSPS) is 19.9. The zero-order valence-corrected chi connectivity index (χ0v) is 16.5. The second kappa shape index (κ2) is 15.3. The second-order valence-corrected chi connectivity index (χ2v) is 5.65. The molecule has 0 aromatic carbocycles. The first-order valence-corrected chi connectivity index (χ1v) is 7.44. The van der Waals surface area contributed by atoms with E-state index in [9.17, 15) is 18.0 Å². The van der Waals surface area contributed by atoms with Gasteiger partial charge in [-0.3, -0.25) is 4.79 Å². The summed E-state index contributed by atoms with van der Waals surface area (Å²) in [7, 11) is 0. The maximum Gasteiger partial charge on any atom is 0.442 e. The summed E-state index contributed by atoms with van der Waals surface area (Å²) in [6.07, 6.45) is 5.66. The molecule has 2 unspecified atom stereocenters. The van der Waals surface area contributed by atoms with Gasteiger partial charge in [-0.05, 0) is 31.5 Å². The van der Waals surface area contributed by atoms with E-state index in [1.807, 2.05) is 0 Å². The minimum Gasteiger partial charge on any atom is -0.394 e. The summed E-state index contributed by atoms with van der Waals surface area (Å²) < 4.78 is 36.0. The Labute approximate surface area is 156 Å². The van der Waals surface area contributed by atoms with E-state index < -0.39 is 10.8 Å². The van der Waals surface area contributed by atoms with Gasteiger partial charge in [0, 0.05) is 43.9 Å². The number of allylic oxidation sites excluding steroid dienone is 2. The maximum absolute atomic E-state index is 12.0. The maximum atomic E-state index is 12.0. The molecule has 21 heavy (non-hydrogen) atoms. The zero-order chi connectivity index (χ0) is 16.2. The van der Waals surface area contributed by atoms with Crippen molar-refractivity contribution in [3.8, 4) is 0 Å². The first-order chi connectivity index (χ1) is 9.23. The van der Waals surface area contributed by atoms with Crippen molar-refractivity contribution in [2.24, 2.45) is 5.92 Å². The van der Waals surface area contributed by atoms with Gasteiger partial charge in [0.1, 0.15) is 5.78 Å². The van der Waals surface area contributed by atoms with E-state index in [1.54, 1.807) is 0 Å². The molecule has 1 fully saturated rings. The Kier molecular flexibility index (Phi) is 19.2. The number of carbonyl (C=O) groups excluding carboxylic acids is 1. The topological polar surface area (TPSA) is 17.1 Å². The molecule has 1 radical (unpaired) electrons. The molecule has 121 valence electrons. The molecule has 0 amide bonds. The minimum atomic E-state index is -4.21. The Morgan fingerprint density at radius 2 is 1.67 bits per heavy atom. The van der Waals surface area contributed by atoms with Crippen molar-refractivity contribution in [3.63, 3.8) is 0 Å². The van der Waals surface area contributed by atoms with Crippen LogP contribution in [-0.4, -0.2) is 16.5 Å². The van der Waals surface area contributed by atoms with E-state index in [4.69, 9.17) is 13.2 Å². The van der Waals surface area contributed by atoms with Gasteiger partial charge in [-0.25, -0.2) is 0 Å². The van der Waals surface area contributed by atoms with E-state index in [2.05, 4.69) is 13.8 Å². The van der Waals surface area contributed by atoms with E-state index in [0.717, 1.165) is 6.42 Å². The molecule has 6 heteroatoms. The molecule has 1 aliphatic rings. The molecule has 1 aliphatic carbocycles. The molecule has 0 spiro atoms. The zero-order valence-electron chi connectivity index (χ0n) is 12.8. The van der Waals surface area contributed by atoms with E-state index in [-0.39, 0.29) is 56.2 Å². The van der Waals surface area contributed by atoms with Gasteiger partial charge in [0.25, 0.3) is 0 Å². The Hall–Kier alpha value is 0.394. The number of alkyl halides is 3. The summed E-state index contributed by atoms with van der Waals surface area (Å²) >= 11 is -0.0200. The number of thioether (sulfide) groups is 1. The predicted octanol–water partition coefficient (Wildman–Crippen LogP) is 5.38. The molecular formula is C15H23F3OSY-2. The monoisotopic (exact) mass is 397 g/mol. The van der Waals surface area contributed by atoms with Crippen molar-refractivity contribution in [2.45, 2.75) is 57.2 Å². The van der Waals surface area contributed by atoms with Gasteiger partial charge in [0.05, 0.1) is 0 Å². The molecule has 1 rings (SSSR count). The van der Waals surface area contributed by atoms with Crippen LogP contribution in [0.25, 0.3) is 0 Å². The van der Waals surface area contributed by atoms with Gasteiger partial charge >= 0.3 is 5.51 Å². The van der Waals surface area contributed by atoms with Crippen molar-refractivity contribution < 1.29 is 50.7 Å². The Morgan fingerprint density at radius 3 is 1.95 bits per heavy atom. The third-order valence-electron chi connectivity index (χ3n) is 2.37. The van der Waals surface area contributed by atoms with E-state index in [1.165, 1.54) is 25.5 Å². The van der Waals surface area contributed by atoms with Crippen LogP contribution in [0.5, 0.6) is 0 Å². The third kappa shape index (κ3) is 16.6. The standard InChI is InChI=1S/C8H11F3OS.C4H4.C3H8.Y/c1-5(12)6-3-2-4-7(6)13-8(9,10)11;1-3-4-2;1-3-2;/h6-7H,2-4H2,1H3;1-4H;3H2,1-2H3;/q;-2;;. The molecule has 0 aromatic rings. The molecule has 0 bridgehead atoms. The van der Waals surface area contributed by atoms with Crippen LogP contribution in [-0.2, 0) is 37.5 Å². The van der Waals surface area contributed by atoms with Gasteiger partial charge in [0.15, 0.2) is 0 Å². The Balaban J connectivity index is -0.000000344. The smallest absolute Gasteiger partial charge is 0.394 e. The average Bonchev–Trinajstić information content (AvgIpc) is 2.76. The second-order valence-electron chi connectivity index (χ2n) is 4.34. The van der Waals surface area contributed by atoms with Crippen LogP contribution in [0, 0.1) is 19.1 Å². The van der Waals surface area contributed by atoms with Crippen molar-refractivity contribution in [2.75, 3.05) is 0 Å². The number of carbonyl (C=O) groups is 1. The van der Waals surface area contributed by atoms with Crippen molar-refractivity contribution in [1.82, 2.24) is 0 Å². The first-order valence-electron chi connectivity index (χ1n) is 6.56. The number of hydrogen-bond donors (Lipinski definition) is 0. The molecule has 0 heterocycles. The van der Waals surface area contributed by atoms with Crippen molar-refractivity contribution in [3.05, 3.63) is 25.3 Å². The molecule has 0 aromatic heterocycles. The summed E-state index contributed by atoms with van der Waals surface area (Å²) in [6, 6.07) is 0. The van der Waals surface area contributed by atoms with Crippen molar-refractivity contribution >= 4 is 17.5 Å². The van der Waals surface area contributed by atoms with Gasteiger partial charge in [-0.2, -0.15) is 13.2 Å². The summed E-state index contributed by atoms with van der Waals surface area (Å²) in [5, 5.41) is -0.544. The van der Waals surface area contributed by atoms with E-state index in [0.29, 0.717) is 12.8 Å². The van der Waals surface area contributed by atoms with Crippen molar-refractivity contribution in [1.29, 1.82) is 0 Å². The SMILES string of the molecule is CC(=O)C1CCCC1SC(F)(F)F.CCC.[CH-]=CC=[CH-].[Y].